The molecule has 1 aliphatic carbocycles. The van der Waals surface area contributed by atoms with Crippen LogP contribution in [0.25, 0.3) is 0 Å². The summed E-state index contributed by atoms with van der Waals surface area (Å²) in [5, 5.41) is 5.84. The van der Waals surface area contributed by atoms with Gasteiger partial charge in [-0.15, -0.1) is 11.3 Å². The van der Waals surface area contributed by atoms with Gasteiger partial charge >= 0.3 is 0 Å². The molecular formula is C20H28N4OS. The molecule has 26 heavy (non-hydrogen) atoms. The van der Waals surface area contributed by atoms with Crippen molar-refractivity contribution in [1.82, 2.24) is 14.8 Å². The van der Waals surface area contributed by atoms with E-state index in [1.54, 1.807) is 10.7 Å². The minimum atomic E-state index is -0.0376. The van der Waals surface area contributed by atoms with Crippen molar-refractivity contribution in [2.45, 2.75) is 64.8 Å². The zero-order valence-electron chi connectivity index (χ0n) is 16.0. The van der Waals surface area contributed by atoms with Gasteiger partial charge in [0, 0.05) is 36.0 Å². The lowest BCUT2D eigenvalue weighted by atomic mass is 9.92. The number of aryl methyl sites for hydroxylation is 2. The molecule has 0 unspecified atom stereocenters. The maximum atomic E-state index is 12.2. The average Bonchev–Trinajstić information content (AvgIpc) is 3.18. The molecule has 0 N–H and O–H groups in total. The lowest BCUT2D eigenvalue weighted by Gasteiger charge is -2.32. The summed E-state index contributed by atoms with van der Waals surface area (Å²) in [5.41, 5.74) is 2.29. The number of rotatable bonds is 3. The molecule has 2 aromatic heterocycles. The van der Waals surface area contributed by atoms with E-state index in [1.807, 2.05) is 17.4 Å². The lowest BCUT2D eigenvalue weighted by Crippen LogP contribution is -2.37. The van der Waals surface area contributed by atoms with Gasteiger partial charge in [-0.1, -0.05) is 20.8 Å². The zero-order chi connectivity index (χ0) is 18.3. The van der Waals surface area contributed by atoms with E-state index >= 15 is 0 Å². The van der Waals surface area contributed by atoms with Crippen LogP contribution in [0.1, 0.15) is 56.3 Å². The van der Waals surface area contributed by atoms with Gasteiger partial charge in [0.05, 0.1) is 11.4 Å². The van der Waals surface area contributed by atoms with Crippen molar-refractivity contribution in [3.63, 3.8) is 0 Å². The molecule has 5 nitrogen and oxygen atoms in total. The van der Waals surface area contributed by atoms with E-state index in [1.165, 1.54) is 28.5 Å². The van der Waals surface area contributed by atoms with Crippen molar-refractivity contribution >= 4 is 16.5 Å². The van der Waals surface area contributed by atoms with Crippen molar-refractivity contribution in [2.24, 2.45) is 5.92 Å². The third kappa shape index (κ3) is 3.56. The SMILES string of the molecule is CC(C)(C)c1ccc(=O)n(CC2CCN(c3nc4c(s3)CCC4)CC2)n1. The third-order valence-corrected chi connectivity index (χ3v) is 6.75. The standard InChI is InChI=1S/C20H28N4OS/c1-20(2,3)17-7-8-18(25)24(22-17)13-14-9-11-23(12-10-14)19-21-15-5-4-6-16(15)26-19/h7-8,14H,4-6,9-13H2,1-3H3. The fraction of sp³-hybridized carbons (Fsp3) is 0.650. The molecule has 1 fully saturated rings. The van der Waals surface area contributed by atoms with E-state index in [0.717, 1.165) is 44.6 Å². The monoisotopic (exact) mass is 372 g/mol. The number of anilines is 1. The maximum absolute atomic E-state index is 12.2. The van der Waals surface area contributed by atoms with Crippen molar-refractivity contribution < 1.29 is 0 Å². The van der Waals surface area contributed by atoms with Crippen molar-refractivity contribution in [1.29, 1.82) is 0 Å². The molecule has 4 rings (SSSR count). The number of hydrogen-bond donors (Lipinski definition) is 0. The summed E-state index contributed by atoms with van der Waals surface area (Å²) in [7, 11) is 0. The smallest absolute Gasteiger partial charge is 0.266 e. The topological polar surface area (TPSA) is 51.0 Å². The van der Waals surface area contributed by atoms with Crippen LogP contribution in [0, 0.1) is 5.92 Å². The van der Waals surface area contributed by atoms with Crippen LogP contribution in [-0.4, -0.2) is 27.9 Å². The van der Waals surface area contributed by atoms with Gasteiger partial charge in [-0.3, -0.25) is 4.79 Å². The van der Waals surface area contributed by atoms with Gasteiger partial charge in [-0.05, 0) is 44.1 Å². The summed E-state index contributed by atoms with van der Waals surface area (Å²) in [6, 6.07) is 3.53. The Labute approximate surface area is 159 Å². The summed E-state index contributed by atoms with van der Waals surface area (Å²) in [6.07, 6.45) is 5.82. The van der Waals surface area contributed by atoms with Crippen LogP contribution < -0.4 is 10.5 Å². The van der Waals surface area contributed by atoms with Gasteiger partial charge in [0.2, 0.25) is 0 Å². The van der Waals surface area contributed by atoms with E-state index in [0.29, 0.717) is 5.92 Å². The van der Waals surface area contributed by atoms with Crippen LogP contribution >= 0.6 is 11.3 Å². The second-order valence-corrected chi connectivity index (χ2v) is 9.70. The van der Waals surface area contributed by atoms with E-state index in [9.17, 15) is 4.79 Å². The Morgan fingerprint density at radius 1 is 1.19 bits per heavy atom. The number of thiazole rings is 1. The molecule has 0 spiro atoms. The van der Waals surface area contributed by atoms with Crippen LogP contribution in [0.4, 0.5) is 5.13 Å². The summed E-state index contributed by atoms with van der Waals surface area (Å²) in [5.74, 6) is 0.512. The predicted octanol–water partition coefficient (Wildman–Crippen LogP) is 3.40. The fourth-order valence-corrected chi connectivity index (χ4v) is 5.04. The highest BCUT2D eigenvalue weighted by Gasteiger charge is 2.25. The normalized spacial score (nSPS) is 18.3. The molecule has 2 aromatic rings. The summed E-state index contributed by atoms with van der Waals surface area (Å²) in [6.45, 7) is 9.19. The third-order valence-electron chi connectivity index (χ3n) is 5.54. The highest BCUT2D eigenvalue weighted by Crippen LogP contribution is 2.34. The number of nitrogens with zero attached hydrogens (tertiary/aromatic N) is 4. The second-order valence-electron chi connectivity index (χ2n) is 8.64. The lowest BCUT2D eigenvalue weighted by molar-refractivity contribution is 0.330. The molecule has 140 valence electrons. The molecule has 0 amide bonds. The first-order chi connectivity index (χ1) is 12.4. The van der Waals surface area contributed by atoms with E-state index in [4.69, 9.17) is 4.98 Å². The van der Waals surface area contributed by atoms with E-state index < -0.39 is 0 Å². The first kappa shape index (κ1) is 17.7. The Balaban J connectivity index is 1.40. The Kier molecular flexibility index (Phi) is 4.63. The Morgan fingerprint density at radius 2 is 1.96 bits per heavy atom. The molecule has 1 saturated heterocycles. The van der Waals surface area contributed by atoms with Gasteiger partial charge in [0.15, 0.2) is 5.13 Å². The first-order valence-corrected chi connectivity index (χ1v) is 10.5. The minimum absolute atomic E-state index is 0.0109. The maximum Gasteiger partial charge on any atom is 0.266 e. The molecule has 0 aromatic carbocycles. The molecule has 3 heterocycles. The highest BCUT2D eigenvalue weighted by atomic mass is 32.1. The van der Waals surface area contributed by atoms with Gasteiger partial charge in [-0.25, -0.2) is 9.67 Å². The van der Waals surface area contributed by atoms with Gasteiger partial charge in [0.25, 0.3) is 5.56 Å². The molecule has 0 saturated carbocycles. The summed E-state index contributed by atoms with van der Waals surface area (Å²) in [4.78, 5) is 21.0. The highest BCUT2D eigenvalue weighted by molar-refractivity contribution is 7.15. The number of aromatic nitrogens is 3. The van der Waals surface area contributed by atoms with Crippen LogP contribution in [0.15, 0.2) is 16.9 Å². The van der Waals surface area contributed by atoms with Crippen molar-refractivity contribution in [3.8, 4) is 0 Å². The number of piperidine rings is 1. The van der Waals surface area contributed by atoms with E-state index in [-0.39, 0.29) is 11.0 Å². The quantitative estimate of drug-likeness (QED) is 0.829. The Bertz CT molecular complexity index is 819. The molecule has 2 aliphatic rings. The summed E-state index contributed by atoms with van der Waals surface area (Å²) >= 11 is 1.89. The van der Waals surface area contributed by atoms with Crippen molar-refractivity contribution in [2.75, 3.05) is 18.0 Å². The number of fused-ring (bicyclic) bond motifs is 1. The fourth-order valence-electron chi connectivity index (χ4n) is 3.84. The first-order valence-electron chi connectivity index (χ1n) is 9.72. The molecule has 6 heteroatoms. The summed E-state index contributed by atoms with van der Waals surface area (Å²) < 4.78 is 1.68. The number of hydrogen-bond acceptors (Lipinski definition) is 5. The zero-order valence-corrected chi connectivity index (χ0v) is 16.8. The molecule has 0 radical (unpaired) electrons. The van der Waals surface area contributed by atoms with Crippen LogP contribution in [0.3, 0.4) is 0 Å². The van der Waals surface area contributed by atoms with Gasteiger partial charge < -0.3 is 4.90 Å². The largest absolute Gasteiger partial charge is 0.348 e. The van der Waals surface area contributed by atoms with E-state index in [2.05, 4.69) is 30.8 Å². The van der Waals surface area contributed by atoms with Gasteiger partial charge in [0.1, 0.15) is 0 Å². The van der Waals surface area contributed by atoms with Crippen LogP contribution in [0.2, 0.25) is 0 Å². The molecule has 0 bridgehead atoms. The van der Waals surface area contributed by atoms with Gasteiger partial charge in [-0.2, -0.15) is 5.10 Å². The Hall–Kier alpha value is -1.69. The Morgan fingerprint density at radius 3 is 2.65 bits per heavy atom. The predicted molar refractivity (Wildman–Crippen MR) is 106 cm³/mol. The molecule has 1 aliphatic heterocycles. The van der Waals surface area contributed by atoms with Crippen molar-refractivity contribution in [3.05, 3.63) is 38.8 Å². The van der Waals surface area contributed by atoms with Crippen LogP contribution in [-0.2, 0) is 24.8 Å². The van der Waals surface area contributed by atoms with Crippen LogP contribution in [0.5, 0.6) is 0 Å². The molecular weight excluding hydrogens is 344 g/mol. The molecule has 0 atom stereocenters. The average molecular weight is 373 g/mol. The minimum Gasteiger partial charge on any atom is -0.348 e. The second kappa shape index (κ2) is 6.80.